The number of aromatic carboxylic acids is 1. The molecule has 2 N–H and O–H groups in total. The first-order valence-corrected chi connectivity index (χ1v) is 9.01. The van der Waals surface area contributed by atoms with E-state index in [1.54, 1.807) is 50.4 Å². The number of hydrogen-bond donors (Lipinski definition) is 2. The molecular weight excluding hydrogens is 366 g/mol. The molecule has 1 heterocycles. The summed E-state index contributed by atoms with van der Waals surface area (Å²) >= 11 is 1.16. The Balaban J connectivity index is 1.80. The third-order valence-electron chi connectivity index (χ3n) is 3.97. The first-order chi connectivity index (χ1) is 12.9. The van der Waals surface area contributed by atoms with Crippen molar-refractivity contribution in [2.75, 3.05) is 5.32 Å². The van der Waals surface area contributed by atoms with E-state index >= 15 is 0 Å². The van der Waals surface area contributed by atoms with Gasteiger partial charge in [0, 0.05) is 12.7 Å². The average Bonchev–Trinajstić information content (AvgIpc) is 2.66. The fourth-order valence-corrected chi connectivity index (χ4v) is 3.36. The molecule has 0 fully saturated rings. The molecule has 0 aliphatic rings. The zero-order chi connectivity index (χ0) is 19.6. The number of carbonyl (C=O) groups excluding carboxylic acids is 1. The van der Waals surface area contributed by atoms with Crippen LogP contribution in [0.5, 0.6) is 0 Å². The first kappa shape index (κ1) is 18.7. The first-order valence-electron chi connectivity index (χ1n) is 8.13. The van der Waals surface area contributed by atoms with E-state index in [0.717, 1.165) is 11.8 Å². The number of amides is 1. The number of para-hydroxylation sites is 1. The van der Waals surface area contributed by atoms with Gasteiger partial charge < -0.3 is 10.4 Å². The summed E-state index contributed by atoms with van der Waals surface area (Å²) in [7, 11) is 1.62. The van der Waals surface area contributed by atoms with Crippen molar-refractivity contribution >= 4 is 40.2 Å². The van der Waals surface area contributed by atoms with Gasteiger partial charge in [0.15, 0.2) is 5.16 Å². The molecule has 138 valence electrons. The summed E-state index contributed by atoms with van der Waals surface area (Å²) in [4.78, 5) is 40.4. The molecule has 0 radical (unpaired) electrons. The van der Waals surface area contributed by atoms with Crippen LogP contribution in [-0.2, 0) is 11.8 Å². The van der Waals surface area contributed by atoms with Gasteiger partial charge in [-0.3, -0.25) is 14.2 Å². The number of carbonyl (C=O) groups is 2. The maximum Gasteiger partial charge on any atom is 0.335 e. The third-order valence-corrected chi connectivity index (χ3v) is 5.11. The summed E-state index contributed by atoms with van der Waals surface area (Å²) in [6, 6.07) is 13.1. The Morgan fingerprint density at radius 2 is 1.93 bits per heavy atom. The minimum atomic E-state index is -1.07. The van der Waals surface area contributed by atoms with Crippen LogP contribution >= 0.6 is 11.8 Å². The Hall–Kier alpha value is -3.13. The van der Waals surface area contributed by atoms with E-state index in [1.165, 1.54) is 16.7 Å². The minimum Gasteiger partial charge on any atom is -0.478 e. The number of benzene rings is 2. The second-order valence-corrected chi connectivity index (χ2v) is 7.22. The number of nitrogens with zero attached hydrogens (tertiary/aromatic N) is 2. The number of carboxylic acids is 1. The fourth-order valence-electron chi connectivity index (χ4n) is 2.49. The van der Waals surface area contributed by atoms with Crippen molar-refractivity contribution in [3.8, 4) is 0 Å². The lowest BCUT2D eigenvalue weighted by molar-refractivity contribution is -0.115. The van der Waals surface area contributed by atoms with Crippen molar-refractivity contribution < 1.29 is 14.7 Å². The predicted octanol–water partition coefficient (Wildman–Crippen LogP) is 2.75. The normalized spacial score (nSPS) is 11.9. The Morgan fingerprint density at radius 3 is 2.67 bits per heavy atom. The van der Waals surface area contributed by atoms with Crippen LogP contribution in [0, 0.1) is 0 Å². The Bertz CT molecular complexity index is 1090. The van der Waals surface area contributed by atoms with Gasteiger partial charge in [-0.25, -0.2) is 9.78 Å². The van der Waals surface area contributed by atoms with E-state index < -0.39 is 11.2 Å². The topological polar surface area (TPSA) is 101 Å². The summed E-state index contributed by atoms with van der Waals surface area (Å²) in [6.45, 7) is 1.70. The van der Waals surface area contributed by atoms with Gasteiger partial charge in [-0.05, 0) is 37.3 Å². The van der Waals surface area contributed by atoms with Crippen LogP contribution in [0.1, 0.15) is 17.3 Å². The second kappa shape index (κ2) is 7.63. The molecule has 1 amide bonds. The third kappa shape index (κ3) is 4.01. The SMILES string of the molecule is CC(Sc1nc2ccccc2c(=O)n1C)C(=O)Nc1cccc(C(=O)O)c1. The van der Waals surface area contributed by atoms with Crippen LogP contribution in [0.25, 0.3) is 10.9 Å². The van der Waals surface area contributed by atoms with Crippen LogP contribution < -0.4 is 10.9 Å². The van der Waals surface area contributed by atoms with Gasteiger partial charge in [-0.1, -0.05) is 30.0 Å². The highest BCUT2D eigenvalue weighted by atomic mass is 32.2. The minimum absolute atomic E-state index is 0.0895. The molecule has 1 aromatic heterocycles. The molecule has 2 aromatic carbocycles. The summed E-state index contributed by atoms with van der Waals surface area (Å²) in [5.41, 5.74) is 0.883. The van der Waals surface area contributed by atoms with E-state index in [0.29, 0.717) is 21.7 Å². The van der Waals surface area contributed by atoms with Crippen molar-refractivity contribution in [1.29, 1.82) is 0 Å². The molecule has 8 heteroatoms. The predicted molar refractivity (Wildman–Crippen MR) is 104 cm³/mol. The number of carboxylic acid groups (broad SMARTS) is 1. The molecule has 0 spiro atoms. The van der Waals surface area contributed by atoms with Crippen LogP contribution in [0.4, 0.5) is 5.69 Å². The van der Waals surface area contributed by atoms with E-state index in [2.05, 4.69) is 10.3 Å². The van der Waals surface area contributed by atoms with Gasteiger partial charge in [-0.15, -0.1) is 0 Å². The smallest absolute Gasteiger partial charge is 0.335 e. The van der Waals surface area contributed by atoms with E-state index in [9.17, 15) is 14.4 Å². The van der Waals surface area contributed by atoms with Crippen LogP contribution in [-0.4, -0.2) is 31.8 Å². The zero-order valence-electron chi connectivity index (χ0n) is 14.7. The summed E-state index contributed by atoms with van der Waals surface area (Å²) < 4.78 is 1.42. The van der Waals surface area contributed by atoms with E-state index in [-0.39, 0.29) is 17.0 Å². The summed E-state index contributed by atoms with van der Waals surface area (Å²) in [6.07, 6.45) is 0. The van der Waals surface area contributed by atoms with Gasteiger partial charge in [-0.2, -0.15) is 0 Å². The van der Waals surface area contributed by atoms with Crippen LogP contribution in [0.3, 0.4) is 0 Å². The highest BCUT2D eigenvalue weighted by Gasteiger charge is 2.18. The number of rotatable bonds is 5. The lowest BCUT2D eigenvalue weighted by Gasteiger charge is -2.14. The number of thioether (sulfide) groups is 1. The average molecular weight is 383 g/mol. The molecule has 3 rings (SSSR count). The molecular formula is C19H17N3O4S. The van der Waals surface area contributed by atoms with E-state index in [4.69, 9.17) is 5.11 Å². The highest BCUT2D eigenvalue weighted by Crippen LogP contribution is 2.23. The van der Waals surface area contributed by atoms with Gasteiger partial charge in [0.05, 0.1) is 21.7 Å². The molecule has 0 saturated carbocycles. The van der Waals surface area contributed by atoms with Crippen LogP contribution in [0.15, 0.2) is 58.5 Å². The van der Waals surface area contributed by atoms with Crippen molar-refractivity contribution in [2.24, 2.45) is 7.05 Å². The van der Waals surface area contributed by atoms with Crippen molar-refractivity contribution in [3.63, 3.8) is 0 Å². The maximum atomic E-state index is 12.5. The summed E-state index contributed by atoms with van der Waals surface area (Å²) in [5.74, 6) is -1.38. The quantitative estimate of drug-likeness (QED) is 0.519. The van der Waals surface area contributed by atoms with Crippen molar-refractivity contribution in [2.45, 2.75) is 17.3 Å². The molecule has 1 unspecified atom stereocenters. The number of anilines is 1. The number of aromatic nitrogens is 2. The molecule has 0 aliphatic heterocycles. The number of hydrogen-bond acceptors (Lipinski definition) is 5. The molecule has 0 saturated heterocycles. The molecule has 7 nitrogen and oxygen atoms in total. The maximum absolute atomic E-state index is 12.5. The Kier molecular flexibility index (Phi) is 5.27. The summed E-state index contributed by atoms with van der Waals surface area (Å²) in [5, 5.41) is 12.1. The lowest BCUT2D eigenvalue weighted by Crippen LogP contribution is -2.25. The standard InChI is InChI=1S/C19H17N3O4S/c1-11(16(23)20-13-7-5-6-12(10-13)18(25)26)27-19-21-15-9-4-3-8-14(15)17(24)22(19)2/h3-11H,1-2H3,(H,20,23)(H,25,26). The highest BCUT2D eigenvalue weighted by molar-refractivity contribution is 8.00. The second-order valence-electron chi connectivity index (χ2n) is 5.91. The number of nitrogens with one attached hydrogen (secondary N) is 1. The monoisotopic (exact) mass is 383 g/mol. The molecule has 0 bridgehead atoms. The lowest BCUT2D eigenvalue weighted by atomic mass is 10.2. The molecule has 1 atom stereocenters. The zero-order valence-corrected chi connectivity index (χ0v) is 15.5. The fraction of sp³-hybridized carbons (Fsp3) is 0.158. The van der Waals surface area contributed by atoms with Crippen molar-refractivity contribution in [1.82, 2.24) is 9.55 Å². The Morgan fingerprint density at radius 1 is 1.19 bits per heavy atom. The van der Waals surface area contributed by atoms with Crippen LogP contribution in [0.2, 0.25) is 0 Å². The largest absolute Gasteiger partial charge is 0.478 e. The molecule has 0 aliphatic carbocycles. The van der Waals surface area contributed by atoms with E-state index in [1.807, 2.05) is 0 Å². The van der Waals surface area contributed by atoms with Gasteiger partial charge in [0.25, 0.3) is 5.56 Å². The number of fused-ring (bicyclic) bond motifs is 1. The van der Waals surface area contributed by atoms with Gasteiger partial charge in [0.1, 0.15) is 0 Å². The Labute approximate surface area is 159 Å². The molecule has 27 heavy (non-hydrogen) atoms. The molecule has 3 aromatic rings. The van der Waals surface area contributed by atoms with Gasteiger partial charge >= 0.3 is 5.97 Å². The van der Waals surface area contributed by atoms with Crippen molar-refractivity contribution in [3.05, 3.63) is 64.4 Å². The van der Waals surface area contributed by atoms with Gasteiger partial charge in [0.2, 0.25) is 5.91 Å².